The fourth-order valence-corrected chi connectivity index (χ4v) is 0. The monoisotopic (exact) mass is 198 g/mol. The van der Waals surface area contributed by atoms with E-state index >= 15 is 0 Å². The molecule has 0 aromatic heterocycles. The Labute approximate surface area is 59.5 Å². The molecule has 0 aliphatic rings. The van der Waals surface area contributed by atoms with E-state index in [0.29, 0.717) is 0 Å². The molecule has 0 aromatic rings. The summed E-state index contributed by atoms with van der Waals surface area (Å²) in [6, 6.07) is 0. The van der Waals surface area contributed by atoms with E-state index in [-0.39, 0.29) is 27.3 Å². The van der Waals surface area contributed by atoms with Crippen LogP contribution in [0.3, 0.4) is 0 Å². The van der Waals surface area contributed by atoms with E-state index < -0.39 is 0 Å². The molecule has 7 heavy (non-hydrogen) atoms. The molecule has 0 fully saturated rings. The Morgan fingerprint density at radius 3 is 0.714 bits per heavy atom. The third kappa shape index (κ3) is 332. The van der Waals surface area contributed by atoms with Crippen molar-refractivity contribution in [2.45, 2.75) is 0 Å². The van der Waals surface area contributed by atoms with E-state index in [1.807, 2.05) is 0 Å². The summed E-state index contributed by atoms with van der Waals surface area (Å²) in [6.45, 7) is 0. The minimum absolute atomic E-state index is 0. The van der Waals surface area contributed by atoms with Crippen molar-refractivity contribution in [1.82, 2.24) is 0 Å². The van der Waals surface area contributed by atoms with E-state index in [1.165, 1.54) is 9.82 Å². The molecule has 0 heterocycles. The smallest absolute Gasteiger partial charge is 0.373 e. The molecule has 0 rings (SSSR count). The standard InChI is InChI=1S/Cd.2N3/c;2*1-3-2/q+2;2*-1. The zero-order valence-corrected chi connectivity index (χ0v) is 7.43. The molecule has 0 bridgehead atoms. The van der Waals surface area contributed by atoms with Crippen LogP contribution in [0.4, 0.5) is 0 Å². The van der Waals surface area contributed by atoms with Crippen molar-refractivity contribution in [3.05, 3.63) is 31.9 Å². The quantitative estimate of drug-likeness (QED) is 0.243. The maximum Gasteiger partial charge on any atom is 2.00 e. The SMILES string of the molecule is [Cd+2].[N-]=[N+]=[N-].[N-]=[N+]=[N-]. The number of hydrogen-bond acceptors (Lipinski definition) is 0. The predicted octanol–water partition coefficient (Wildman–Crippen LogP) is 1.73. The molecule has 7 heteroatoms. The molecule has 0 saturated heterocycles. The Morgan fingerprint density at radius 1 is 0.714 bits per heavy atom. The fourth-order valence-electron chi connectivity index (χ4n) is 0. The van der Waals surface area contributed by atoms with Crippen LogP contribution in [0.1, 0.15) is 0 Å². The van der Waals surface area contributed by atoms with E-state index in [9.17, 15) is 0 Å². The molecule has 0 amide bonds. The van der Waals surface area contributed by atoms with Crippen LogP contribution in [-0.2, 0) is 27.3 Å². The Morgan fingerprint density at radius 2 is 0.714 bits per heavy atom. The summed E-state index contributed by atoms with van der Waals surface area (Å²) in [5.74, 6) is 0. The van der Waals surface area contributed by atoms with Crippen molar-refractivity contribution in [3.8, 4) is 0 Å². The van der Waals surface area contributed by atoms with Crippen molar-refractivity contribution in [1.29, 1.82) is 0 Å². The summed E-state index contributed by atoms with van der Waals surface area (Å²) in [5, 5.41) is 0. The molecule has 0 N–H and O–H groups in total. The molecular weight excluding hydrogens is 196 g/mol. The Balaban J connectivity index is -0.0000000400. The first-order chi connectivity index (χ1) is 2.83. The first-order valence-corrected chi connectivity index (χ1v) is 0.800. The van der Waals surface area contributed by atoms with Gasteiger partial charge in [0.1, 0.15) is 0 Å². The molecule has 0 aliphatic heterocycles. The zero-order valence-electron chi connectivity index (χ0n) is 3.39. The molecule has 0 saturated carbocycles. The molecular formula is CdN6. The van der Waals surface area contributed by atoms with Gasteiger partial charge in [-0.3, -0.25) is 9.82 Å². The number of nitrogens with zero attached hydrogens (tertiary/aromatic N) is 6. The largest absolute Gasteiger partial charge is 2.00 e. The first-order valence-electron chi connectivity index (χ1n) is 0.800. The van der Waals surface area contributed by atoms with E-state index in [1.54, 1.807) is 0 Å². The fraction of sp³-hybridized carbons (Fsp3) is 0. The van der Waals surface area contributed by atoms with Crippen LogP contribution in [0.5, 0.6) is 0 Å². The van der Waals surface area contributed by atoms with Crippen LogP contribution in [0.15, 0.2) is 0 Å². The maximum atomic E-state index is 6.75. The zero-order chi connectivity index (χ0) is 5.41. The van der Waals surface area contributed by atoms with Crippen LogP contribution >= 0.6 is 0 Å². The molecule has 0 spiro atoms. The van der Waals surface area contributed by atoms with Gasteiger partial charge in [0.25, 0.3) is 0 Å². The van der Waals surface area contributed by atoms with Gasteiger partial charge < -0.3 is 22.1 Å². The second kappa shape index (κ2) is 48.1. The average Bonchev–Trinajstić information content (AvgIpc) is 1.39. The summed E-state index contributed by atoms with van der Waals surface area (Å²) < 4.78 is 0. The maximum absolute atomic E-state index is 6.75. The first kappa shape index (κ1) is 16.0. The van der Waals surface area contributed by atoms with Gasteiger partial charge in [0, 0.05) is 0 Å². The normalized spacial score (nSPS) is 2.29. The second-order valence-corrected chi connectivity index (χ2v) is 0.179. The van der Waals surface area contributed by atoms with Gasteiger partial charge in [-0.2, -0.15) is 0 Å². The minimum atomic E-state index is 0. The molecule has 0 unspecified atom stereocenters. The van der Waals surface area contributed by atoms with Gasteiger partial charge in [-0.1, -0.05) is 0 Å². The van der Waals surface area contributed by atoms with Gasteiger partial charge >= 0.3 is 27.3 Å². The van der Waals surface area contributed by atoms with Crippen LogP contribution in [0, 0.1) is 0 Å². The van der Waals surface area contributed by atoms with Crippen molar-refractivity contribution in [2.24, 2.45) is 0 Å². The van der Waals surface area contributed by atoms with Gasteiger partial charge in [0.15, 0.2) is 0 Å². The second-order valence-electron chi connectivity index (χ2n) is 0.179. The Kier molecular flexibility index (Phi) is 110. The van der Waals surface area contributed by atoms with Crippen molar-refractivity contribution < 1.29 is 27.3 Å². The van der Waals surface area contributed by atoms with Gasteiger partial charge in [0.05, 0.1) is 0 Å². The minimum Gasteiger partial charge on any atom is -0.373 e. The summed E-state index contributed by atoms with van der Waals surface area (Å²) >= 11 is 0. The van der Waals surface area contributed by atoms with Gasteiger partial charge in [-0.15, -0.1) is 0 Å². The van der Waals surface area contributed by atoms with E-state index in [2.05, 4.69) is 0 Å². The third-order valence-electron chi connectivity index (χ3n) is 0. The summed E-state index contributed by atoms with van der Waals surface area (Å²) in [7, 11) is 0. The van der Waals surface area contributed by atoms with Crippen LogP contribution in [-0.4, -0.2) is 0 Å². The van der Waals surface area contributed by atoms with Crippen LogP contribution in [0.25, 0.3) is 31.9 Å². The third-order valence-corrected chi connectivity index (χ3v) is 0. The van der Waals surface area contributed by atoms with Gasteiger partial charge in [-0.05, 0) is 0 Å². The predicted molar refractivity (Wildman–Crippen MR) is 20.2 cm³/mol. The van der Waals surface area contributed by atoms with Crippen LogP contribution < -0.4 is 0 Å². The van der Waals surface area contributed by atoms with Crippen molar-refractivity contribution in [2.75, 3.05) is 0 Å². The summed E-state index contributed by atoms with van der Waals surface area (Å²) in [6.07, 6.45) is 0. The Hall–Kier alpha value is -0.458. The van der Waals surface area contributed by atoms with Gasteiger partial charge in [0.2, 0.25) is 0 Å². The number of hydrogen-bond donors (Lipinski definition) is 0. The molecule has 32 valence electrons. The topological polar surface area (TPSA) is 117 Å². The summed E-state index contributed by atoms with van der Waals surface area (Å²) in [4.78, 5) is 3.00. The van der Waals surface area contributed by atoms with E-state index in [0.717, 1.165) is 0 Å². The average molecular weight is 196 g/mol. The van der Waals surface area contributed by atoms with Crippen molar-refractivity contribution in [3.63, 3.8) is 0 Å². The number of rotatable bonds is 0. The molecule has 6 nitrogen and oxygen atoms in total. The molecule has 0 aliphatic carbocycles. The molecule has 0 radical (unpaired) electrons. The van der Waals surface area contributed by atoms with Gasteiger partial charge in [-0.25, -0.2) is 0 Å². The summed E-state index contributed by atoms with van der Waals surface area (Å²) in [5.41, 5.74) is 27.0. The molecule has 0 aromatic carbocycles. The van der Waals surface area contributed by atoms with Crippen LogP contribution in [0.2, 0.25) is 0 Å². The van der Waals surface area contributed by atoms with E-state index in [4.69, 9.17) is 22.1 Å². The Bertz CT molecular complexity index is 58.2. The van der Waals surface area contributed by atoms with Crippen molar-refractivity contribution >= 4 is 0 Å². The molecule has 0 atom stereocenters.